The molecule has 0 bridgehead atoms. The summed E-state index contributed by atoms with van der Waals surface area (Å²) in [5.74, 6) is 0.643. The Morgan fingerprint density at radius 1 is 1.45 bits per heavy atom. The van der Waals surface area contributed by atoms with E-state index in [9.17, 15) is 9.59 Å². The summed E-state index contributed by atoms with van der Waals surface area (Å²) in [4.78, 5) is 24.8. The van der Waals surface area contributed by atoms with Gasteiger partial charge in [0.15, 0.2) is 0 Å². The van der Waals surface area contributed by atoms with E-state index in [1.54, 1.807) is 30.0 Å². The summed E-state index contributed by atoms with van der Waals surface area (Å²) in [6.45, 7) is 2.74. The van der Waals surface area contributed by atoms with E-state index in [1.807, 2.05) is 0 Å². The fourth-order valence-electron chi connectivity index (χ4n) is 2.17. The van der Waals surface area contributed by atoms with Gasteiger partial charge in [-0.25, -0.2) is 4.79 Å². The van der Waals surface area contributed by atoms with Crippen LogP contribution in [-0.4, -0.2) is 32.3 Å². The van der Waals surface area contributed by atoms with Crippen molar-refractivity contribution in [2.24, 2.45) is 0 Å². The molecule has 2 rings (SSSR count). The summed E-state index contributed by atoms with van der Waals surface area (Å²) in [6, 6.07) is 5.17. The van der Waals surface area contributed by atoms with E-state index in [4.69, 9.17) is 9.47 Å². The topological polar surface area (TPSA) is 67.9 Å². The van der Waals surface area contributed by atoms with Gasteiger partial charge >= 0.3 is 6.09 Å². The Labute approximate surface area is 117 Å². The highest BCUT2D eigenvalue weighted by atomic mass is 16.5. The Balaban J connectivity index is 2.19. The lowest BCUT2D eigenvalue weighted by Crippen LogP contribution is -2.24. The second kappa shape index (κ2) is 6.27. The van der Waals surface area contributed by atoms with Gasteiger partial charge < -0.3 is 14.4 Å². The minimum Gasteiger partial charge on any atom is -0.494 e. The van der Waals surface area contributed by atoms with E-state index in [0.717, 1.165) is 12.1 Å². The summed E-state index contributed by atoms with van der Waals surface area (Å²) in [5.41, 5.74) is 1.29. The summed E-state index contributed by atoms with van der Waals surface area (Å²) >= 11 is 0. The molecule has 1 N–H and O–H groups in total. The second-order valence-electron chi connectivity index (χ2n) is 4.38. The lowest BCUT2D eigenvalue weighted by atomic mass is 10.2. The number of nitrogens with zero attached hydrogens (tertiary/aromatic N) is 1. The van der Waals surface area contributed by atoms with Gasteiger partial charge in [0, 0.05) is 24.7 Å². The van der Waals surface area contributed by atoms with Crippen LogP contribution in [0.4, 0.5) is 16.2 Å². The van der Waals surface area contributed by atoms with E-state index >= 15 is 0 Å². The molecule has 0 aliphatic carbocycles. The van der Waals surface area contributed by atoms with Crippen LogP contribution in [0.3, 0.4) is 0 Å². The van der Waals surface area contributed by atoms with E-state index < -0.39 is 6.09 Å². The maximum Gasteiger partial charge on any atom is 0.411 e. The fourth-order valence-corrected chi connectivity index (χ4v) is 2.17. The molecule has 6 heteroatoms. The molecule has 0 unspecified atom stereocenters. The molecule has 2 amide bonds. The predicted octanol–water partition coefficient (Wildman–Crippen LogP) is 2.39. The van der Waals surface area contributed by atoms with E-state index in [2.05, 4.69) is 5.32 Å². The molecular formula is C14H18N2O4. The summed E-state index contributed by atoms with van der Waals surface area (Å²) in [6.07, 6.45) is 0.899. The standard InChI is InChI=1S/C14H18N2O4/c1-3-20-14(18)15-10-6-7-11(12(9-10)19-2)16-8-4-5-13(16)17/h6-7,9H,3-5,8H2,1-2H3,(H,15,18). The van der Waals surface area contributed by atoms with Crippen LogP contribution in [0.2, 0.25) is 0 Å². The minimum absolute atomic E-state index is 0.0920. The highest BCUT2D eigenvalue weighted by Gasteiger charge is 2.24. The SMILES string of the molecule is CCOC(=O)Nc1ccc(N2CCCC2=O)c(OC)c1. The number of ether oxygens (including phenoxy) is 2. The van der Waals surface area contributed by atoms with Crippen LogP contribution in [0.1, 0.15) is 19.8 Å². The van der Waals surface area contributed by atoms with Crippen molar-refractivity contribution in [1.82, 2.24) is 0 Å². The quantitative estimate of drug-likeness (QED) is 0.918. The summed E-state index contributed by atoms with van der Waals surface area (Å²) < 4.78 is 10.1. The number of carbonyl (C=O) groups is 2. The maximum atomic E-state index is 11.8. The average molecular weight is 278 g/mol. The molecule has 1 aliphatic rings. The van der Waals surface area contributed by atoms with Crippen LogP contribution in [0, 0.1) is 0 Å². The number of anilines is 2. The Bertz CT molecular complexity index is 516. The van der Waals surface area contributed by atoms with Gasteiger partial charge in [-0.2, -0.15) is 0 Å². The van der Waals surface area contributed by atoms with Gasteiger partial charge in [0.25, 0.3) is 0 Å². The monoisotopic (exact) mass is 278 g/mol. The van der Waals surface area contributed by atoms with Gasteiger partial charge in [0.05, 0.1) is 19.4 Å². The van der Waals surface area contributed by atoms with Gasteiger partial charge in [-0.05, 0) is 25.5 Å². The second-order valence-corrected chi connectivity index (χ2v) is 4.38. The molecule has 20 heavy (non-hydrogen) atoms. The van der Waals surface area contributed by atoms with Crippen molar-refractivity contribution in [1.29, 1.82) is 0 Å². The van der Waals surface area contributed by atoms with Gasteiger partial charge in [-0.15, -0.1) is 0 Å². The van der Waals surface area contributed by atoms with E-state index in [1.165, 1.54) is 7.11 Å². The van der Waals surface area contributed by atoms with Crippen LogP contribution in [0.15, 0.2) is 18.2 Å². The van der Waals surface area contributed by atoms with Crippen LogP contribution in [0.25, 0.3) is 0 Å². The molecule has 0 aromatic heterocycles. The first-order valence-electron chi connectivity index (χ1n) is 6.58. The maximum absolute atomic E-state index is 11.8. The number of methoxy groups -OCH3 is 1. The molecule has 0 saturated carbocycles. The number of carbonyl (C=O) groups excluding carboxylic acids is 2. The first-order chi connectivity index (χ1) is 9.65. The minimum atomic E-state index is -0.514. The smallest absolute Gasteiger partial charge is 0.411 e. The van der Waals surface area contributed by atoms with Crippen molar-refractivity contribution >= 4 is 23.4 Å². The molecule has 1 aromatic rings. The van der Waals surface area contributed by atoms with Crippen LogP contribution in [0.5, 0.6) is 5.75 Å². The molecule has 0 spiro atoms. The largest absolute Gasteiger partial charge is 0.494 e. The van der Waals surface area contributed by atoms with Gasteiger partial charge in [0.2, 0.25) is 5.91 Å². The lowest BCUT2D eigenvalue weighted by Gasteiger charge is -2.19. The number of benzene rings is 1. The van der Waals surface area contributed by atoms with Crippen LogP contribution in [-0.2, 0) is 9.53 Å². The van der Waals surface area contributed by atoms with Crippen molar-refractivity contribution in [2.75, 3.05) is 30.5 Å². The third kappa shape index (κ3) is 3.01. The van der Waals surface area contributed by atoms with Gasteiger partial charge in [0.1, 0.15) is 5.75 Å². The Hall–Kier alpha value is -2.24. The van der Waals surface area contributed by atoms with E-state index in [0.29, 0.717) is 31.0 Å². The highest BCUT2D eigenvalue weighted by molar-refractivity contribution is 5.97. The van der Waals surface area contributed by atoms with Crippen molar-refractivity contribution in [2.45, 2.75) is 19.8 Å². The molecule has 6 nitrogen and oxygen atoms in total. The number of nitrogens with one attached hydrogen (secondary N) is 1. The highest BCUT2D eigenvalue weighted by Crippen LogP contribution is 2.33. The molecule has 1 saturated heterocycles. The van der Waals surface area contributed by atoms with Gasteiger partial charge in [-0.1, -0.05) is 0 Å². The van der Waals surface area contributed by atoms with E-state index in [-0.39, 0.29) is 5.91 Å². The lowest BCUT2D eigenvalue weighted by molar-refractivity contribution is -0.117. The molecule has 108 valence electrons. The van der Waals surface area contributed by atoms with Gasteiger partial charge in [-0.3, -0.25) is 10.1 Å². The zero-order valence-corrected chi connectivity index (χ0v) is 11.6. The van der Waals surface area contributed by atoms with Crippen molar-refractivity contribution in [3.63, 3.8) is 0 Å². The summed E-state index contributed by atoms with van der Waals surface area (Å²) in [5, 5.41) is 2.60. The zero-order chi connectivity index (χ0) is 14.5. The number of hydrogen-bond donors (Lipinski definition) is 1. The molecule has 0 radical (unpaired) electrons. The number of rotatable bonds is 4. The Morgan fingerprint density at radius 3 is 2.85 bits per heavy atom. The van der Waals surface area contributed by atoms with Crippen LogP contribution < -0.4 is 15.0 Å². The molecule has 1 aromatic carbocycles. The Morgan fingerprint density at radius 2 is 2.25 bits per heavy atom. The molecular weight excluding hydrogens is 260 g/mol. The molecule has 1 heterocycles. The van der Waals surface area contributed by atoms with Crippen molar-refractivity contribution < 1.29 is 19.1 Å². The first-order valence-corrected chi connectivity index (χ1v) is 6.58. The molecule has 1 aliphatic heterocycles. The fraction of sp³-hybridized carbons (Fsp3) is 0.429. The van der Waals surface area contributed by atoms with Crippen LogP contribution >= 0.6 is 0 Å². The first kappa shape index (κ1) is 14.2. The summed E-state index contributed by atoms with van der Waals surface area (Å²) in [7, 11) is 1.54. The molecule has 1 fully saturated rings. The van der Waals surface area contributed by atoms with Crippen molar-refractivity contribution in [3.8, 4) is 5.75 Å². The van der Waals surface area contributed by atoms with Crippen molar-refractivity contribution in [3.05, 3.63) is 18.2 Å². The predicted molar refractivity (Wildman–Crippen MR) is 75.2 cm³/mol. The molecule has 0 atom stereocenters. The normalized spacial score (nSPS) is 14.3. The number of amides is 2. The average Bonchev–Trinajstić information content (AvgIpc) is 2.85. The Kier molecular flexibility index (Phi) is 4.45. The number of hydrogen-bond acceptors (Lipinski definition) is 4. The zero-order valence-electron chi connectivity index (χ0n) is 11.6. The third-order valence-electron chi connectivity index (χ3n) is 3.07. The third-order valence-corrected chi connectivity index (χ3v) is 3.07.